The number of furan rings is 1. The van der Waals surface area contributed by atoms with Crippen LogP contribution in [0.25, 0.3) is 11.1 Å². The zero-order chi connectivity index (χ0) is 18.8. The molecule has 0 aliphatic carbocycles. The molecule has 26 heavy (non-hydrogen) atoms. The molecule has 3 rings (SSSR count). The maximum absolute atomic E-state index is 12.8. The Morgan fingerprint density at radius 2 is 1.92 bits per heavy atom. The van der Waals surface area contributed by atoms with Crippen LogP contribution < -0.4 is 10.9 Å². The van der Waals surface area contributed by atoms with Crippen LogP contribution in [-0.4, -0.2) is 15.5 Å². The van der Waals surface area contributed by atoms with E-state index < -0.39 is 0 Å². The fourth-order valence-corrected chi connectivity index (χ4v) is 2.91. The van der Waals surface area contributed by atoms with E-state index in [1.807, 2.05) is 45.0 Å². The maximum Gasteiger partial charge on any atom is 0.265 e. The van der Waals surface area contributed by atoms with E-state index in [4.69, 9.17) is 4.42 Å². The molecule has 1 N–H and O–H groups in total. The minimum absolute atomic E-state index is 0.202. The van der Waals surface area contributed by atoms with Crippen molar-refractivity contribution in [1.82, 2.24) is 14.9 Å². The molecular formula is C20H23N3O3. The summed E-state index contributed by atoms with van der Waals surface area (Å²) in [5.74, 6) is 0.357. The van der Waals surface area contributed by atoms with Gasteiger partial charge in [0, 0.05) is 13.1 Å². The summed E-state index contributed by atoms with van der Waals surface area (Å²) in [6.45, 7) is 8.65. The van der Waals surface area contributed by atoms with Gasteiger partial charge in [0.05, 0.1) is 5.56 Å². The quantitative estimate of drug-likeness (QED) is 0.764. The highest BCUT2D eigenvalue weighted by molar-refractivity contribution is 6.06. The Kier molecular flexibility index (Phi) is 4.93. The lowest BCUT2D eigenvalue weighted by Gasteiger charge is -2.08. The first-order chi connectivity index (χ1) is 12.4. The van der Waals surface area contributed by atoms with E-state index in [1.165, 1.54) is 10.9 Å². The van der Waals surface area contributed by atoms with Gasteiger partial charge >= 0.3 is 0 Å². The second-order valence-corrected chi connectivity index (χ2v) is 6.98. The monoisotopic (exact) mass is 353 g/mol. The third-order valence-electron chi connectivity index (χ3n) is 4.22. The van der Waals surface area contributed by atoms with Gasteiger partial charge in [-0.3, -0.25) is 14.2 Å². The van der Waals surface area contributed by atoms with Crippen LogP contribution in [0.5, 0.6) is 0 Å². The highest BCUT2D eigenvalue weighted by atomic mass is 16.3. The molecule has 136 valence electrons. The molecule has 2 aromatic heterocycles. The molecule has 6 heteroatoms. The van der Waals surface area contributed by atoms with Crippen LogP contribution in [0.1, 0.15) is 41.1 Å². The average Bonchev–Trinajstić information content (AvgIpc) is 2.93. The maximum atomic E-state index is 12.8. The summed E-state index contributed by atoms with van der Waals surface area (Å²) in [6, 6.07) is 7.92. The lowest BCUT2D eigenvalue weighted by Crippen LogP contribution is -2.27. The Labute approximate surface area is 151 Å². The average molecular weight is 353 g/mol. The number of fused-ring (bicyclic) bond motifs is 1. The van der Waals surface area contributed by atoms with Crippen LogP contribution >= 0.6 is 0 Å². The van der Waals surface area contributed by atoms with Gasteiger partial charge in [-0.2, -0.15) is 0 Å². The van der Waals surface area contributed by atoms with E-state index >= 15 is 0 Å². The van der Waals surface area contributed by atoms with Crippen molar-refractivity contribution in [2.45, 2.75) is 40.8 Å². The van der Waals surface area contributed by atoms with E-state index in [0.29, 0.717) is 24.8 Å². The van der Waals surface area contributed by atoms with Crippen molar-refractivity contribution >= 4 is 17.0 Å². The first-order valence-corrected chi connectivity index (χ1v) is 8.69. The van der Waals surface area contributed by atoms with Gasteiger partial charge in [-0.1, -0.05) is 43.7 Å². The number of amides is 1. The fourth-order valence-electron chi connectivity index (χ4n) is 2.91. The first kappa shape index (κ1) is 17.9. The number of aryl methyl sites for hydroxylation is 2. The molecule has 6 nitrogen and oxygen atoms in total. The summed E-state index contributed by atoms with van der Waals surface area (Å²) >= 11 is 0. The lowest BCUT2D eigenvalue weighted by molar-refractivity contribution is 0.0950. The number of aromatic nitrogens is 2. The van der Waals surface area contributed by atoms with Crippen molar-refractivity contribution in [1.29, 1.82) is 0 Å². The number of nitrogens with zero attached hydrogens (tertiary/aromatic N) is 2. The SMILES string of the molecule is Cc1ccc(CNC(=O)c2c(C)oc3ncn(CC(C)C)c(=O)c23)cc1. The second kappa shape index (κ2) is 7.15. The van der Waals surface area contributed by atoms with Gasteiger partial charge < -0.3 is 9.73 Å². The number of nitrogens with one attached hydrogen (secondary N) is 1. The first-order valence-electron chi connectivity index (χ1n) is 8.69. The number of carbonyl (C=O) groups excluding carboxylic acids is 1. The minimum atomic E-state index is -0.331. The van der Waals surface area contributed by atoms with Crippen molar-refractivity contribution in [2.24, 2.45) is 5.92 Å². The van der Waals surface area contributed by atoms with Gasteiger partial charge in [0.15, 0.2) is 0 Å². The number of rotatable bonds is 5. The molecule has 2 heterocycles. The molecule has 0 atom stereocenters. The van der Waals surface area contributed by atoms with E-state index in [9.17, 15) is 9.59 Å². The summed E-state index contributed by atoms with van der Waals surface area (Å²) < 4.78 is 7.07. The highest BCUT2D eigenvalue weighted by Gasteiger charge is 2.22. The van der Waals surface area contributed by atoms with Crippen molar-refractivity contribution < 1.29 is 9.21 Å². The summed E-state index contributed by atoms with van der Waals surface area (Å²) in [6.07, 6.45) is 1.47. The molecule has 0 radical (unpaired) electrons. The minimum Gasteiger partial charge on any atom is -0.442 e. The third kappa shape index (κ3) is 3.54. The molecule has 1 aromatic carbocycles. The van der Waals surface area contributed by atoms with Gasteiger partial charge in [-0.25, -0.2) is 4.98 Å². The normalized spacial score (nSPS) is 11.3. The summed E-state index contributed by atoms with van der Waals surface area (Å²) in [5, 5.41) is 3.11. The Balaban J connectivity index is 1.92. The summed E-state index contributed by atoms with van der Waals surface area (Å²) in [4.78, 5) is 29.7. The Hall–Kier alpha value is -2.89. The van der Waals surface area contributed by atoms with Crippen LogP contribution in [0.4, 0.5) is 0 Å². The van der Waals surface area contributed by atoms with Gasteiger partial charge in [-0.05, 0) is 25.3 Å². The van der Waals surface area contributed by atoms with Gasteiger partial charge in [0.25, 0.3) is 11.5 Å². The van der Waals surface area contributed by atoms with Gasteiger partial charge in [0.1, 0.15) is 17.5 Å². The Bertz CT molecular complexity index is 998. The predicted molar refractivity (Wildman–Crippen MR) is 100 cm³/mol. The van der Waals surface area contributed by atoms with E-state index in [1.54, 1.807) is 6.92 Å². The number of carbonyl (C=O) groups is 1. The fraction of sp³-hybridized carbons (Fsp3) is 0.350. The van der Waals surface area contributed by atoms with E-state index in [2.05, 4.69) is 10.3 Å². The van der Waals surface area contributed by atoms with Crippen LogP contribution in [0.3, 0.4) is 0 Å². The number of hydrogen-bond acceptors (Lipinski definition) is 4. The molecule has 0 spiro atoms. The smallest absolute Gasteiger partial charge is 0.265 e. The number of hydrogen-bond donors (Lipinski definition) is 1. The molecule has 0 unspecified atom stereocenters. The van der Waals surface area contributed by atoms with Crippen molar-refractivity contribution in [3.8, 4) is 0 Å². The van der Waals surface area contributed by atoms with Crippen LogP contribution in [0, 0.1) is 19.8 Å². The Morgan fingerprint density at radius 1 is 1.23 bits per heavy atom. The molecule has 0 saturated heterocycles. The molecule has 1 amide bonds. The highest BCUT2D eigenvalue weighted by Crippen LogP contribution is 2.21. The topological polar surface area (TPSA) is 77.1 Å². The predicted octanol–water partition coefficient (Wildman–Crippen LogP) is 3.19. The molecule has 0 saturated carbocycles. The second-order valence-electron chi connectivity index (χ2n) is 6.98. The van der Waals surface area contributed by atoms with Crippen molar-refractivity contribution in [2.75, 3.05) is 0 Å². The molecule has 0 bridgehead atoms. The molecular weight excluding hydrogens is 330 g/mol. The van der Waals surface area contributed by atoms with Gasteiger partial charge in [-0.15, -0.1) is 0 Å². The molecule has 0 aliphatic rings. The van der Waals surface area contributed by atoms with Crippen molar-refractivity contribution in [3.63, 3.8) is 0 Å². The summed E-state index contributed by atoms with van der Waals surface area (Å²) in [7, 11) is 0. The molecule has 3 aromatic rings. The molecule has 0 aliphatic heterocycles. The standard InChI is InChI=1S/C20H23N3O3/c1-12(2)10-23-11-22-19-17(20(23)25)16(14(4)26-19)18(24)21-9-15-7-5-13(3)6-8-15/h5-8,11-12H,9-10H2,1-4H3,(H,21,24). The third-order valence-corrected chi connectivity index (χ3v) is 4.22. The van der Waals surface area contributed by atoms with E-state index in [0.717, 1.165) is 11.1 Å². The summed E-state index contributed by atoms with van der Waals surface area (Å²) in [5.41, 5.74) is 2.37. The zero-order valence-electron chi connectivity index (χ0n) is 15.5. The molecule has 0 fully saturated rings. The zero-order valence-corrected chi connectivity index (χ0v) is 15.5. The Morgan fingerprint density at radius 3 is 2.58 bits per heavy atom. The largest absolute Gasteiger partial charge is 0.442 e. The van der Waals surface area contributed by atoms with Crippen LogP contribution in [0.15, 0.2) is 39.8 Å². The number of benzene rings is 1. The van der Waals surface area contributed by atoms with Gasteiger partial charge in [0.2, 0.25) is 5.71 Å². The van der Waals surface area contributed by atoms with E-state index in [-0.39, 0.29) is 28.1 Å². The van der Waals surface area contributed by atoms with Crippen LogP contribution in [0.2, 0.25) is 0 Å². The van der Waals surface area contributed by atoms with Crippen molar-refractivity contribution in [3.05, 3.63) is 63.4 Å². The lowest BCUT2D eigenvalue weighted by atomic mass is 10.1. The van der Waals surface area contributed by atoms with Crippen LogP contribution in [-0.2, 0) is 13.1 Å².